The van der Waals surface area contributed by atoms with E-state index in [1.165, 1.54) is 18.6 Å². The fraction of sp³-hybridized carbons (Fsp3) is 0.167. The molecule has 1 amide bonds. The summed E-state index contributed by atoms with van der Waals surface area (Å²) in [6, 6.07) is 5.42. The molecule has 1 N–H and O–H groups in total. The molecule has 0 radical (unpaired) electrons. The number of nitrogens with zero attached hydrogens (tertiary/aromatic N) is 3. The lowest BCUT2D eigenvalue weighted by Gasteiger charge is -2.12. The van der Waals surface area contributed by atoms with Crippen LogP contribution in [0.25, 0.3) is 0 Å². The molecule has 1 atom stereocenters. The Balaban J connectivity index is 2.05. The van der Waals surface area contributed by atoms with Crippen LogP contribution in [0, 0.1) is 0 Å². The average Bonchev–Trinajstić information content (AvgIpc) is 2.40. The maximum atomic E-state index is 11.8. The first-order valence-corrected chi connectivity index (χ1v) is 5.25. The molecule has 2 aromatic rings. The van der Waals surface area contributed by atoms with Gasteiger partial charge in [-0.2, -0.15) is 0 Å². The largest absolute Gasteiger partial charge is 0.343 e. The van der Waals surface area contributed by atoms with Gasteiger partial charge < -0.3 is 5.32 Å². The van der Waals surface area contributed by atoms with E-state index in [0.29, 0.717) is 5.69 Å². The standard InChI is InChI=1S/C12H12N4O/c1-9(10-4-2-3-5-14-10)16-12(17)11-8-13-6-7-15-11/h2-9H,1H3,(H,16,17)/t9-/m0/s1. The van der Waals surface area contributed by atoms with Gasteiger partial charge in [-0.05, 0) is 19.1 Å². The smallest absolute Gasteiger partial charge is 0.272 e. The van der Waals surface area contributed by atoms with Crippen LogP contribution < -0.4 is 5.32 Å². The SMILES string of the molecule is C[C@H](NC(=O)c1cnccn1)c1ccccn1. The molecule has 0 spiro atoms. The Bertz CT molecular complexity index is 486. The van der Waals surface area contributed by atoms with E-state index >= 15 is 0 Å². The predicted octanol–water partition coefficient (Wildman–Crippen LogP) is 1.36. The number of aromatic nitrogens is 3. The fourth-order valence-electron chi connectivity index (χ4n) is 1.39. The van der Waals surface area contributed by atoms with Crippen LogP contribution in [0.2, 0.25) is 0 Å². The summed E-state index contributed by atoms with van der Waals surface area (Å²) in [7, 11) is 0. The van der Waals surface area contributed by atoms with Crippen LogP contribution in [0.1, 0.15) is 29.1 Å². The first-order chi connectivity index (χ1) is 8.27. The molecule has 0 aliphatic carbocycles. The highest BCUT2D eigenvalue weighted by Crippen LogP contribution is 2.08. The van der Waals surface area contributed by atoms with Crippen LogP contribution in [0.4, 0.5) is 0 Å². The summed E-state index contributed by atoms with van der Waals surface area (Å²) in [5, 5.41) is 2.81. The predicted molar refractivity (Wildman–Crippen MR) is 62.2 cm³/mol. The molecule has 2 aromatic heterocycles. The highest BCUT2D eigenvalue weighted by molar-refractivity contribution is 5.92. The number of pyridine rings is 1. The quantitative estimate of drug-likeness (QED) is 0.861. The zero-order valence-electron chi connectivity index (χ0n) is 9.37. The van der Waals surface area contributed by atoms with Gasteiger partial charge in [0, 0.05) is 18.6 Å². The minimum atomic E-state index is -0.253. The summed E-state index contributed by atoms with van der Waals surface area (Å²) in [5.74, 6) is -0.253. The van der Waals surface area contributed by atoms with Gasteiger partial charge in [-0.15, -0.1) is 0 Å². The summed E-state index contributed by atoms with van der Waals surface area (Å²) in [6.07, 6.45) is 6.14. The Labute approximate surface area is 99.0 Å². The maximum absolute atomic E-state index is 11.8. The van der Waals surface area contributed by atoms with Gasteiger partial charge in [-0.1, -0.05) is 6.07 Å². The molecule has 5 nitrogen and oxygen atoms in total. The Kier molecular flexibility index (Phi) is 3.40. The van der Waals surface area contributed by atoms with E-state index in [1.54, 1.807) is 6.20 Å². The summed E-state index contributed by atoms with van der Waals surface area (Å²) in [5.41, 5.74) is 1.11. The highest BCUT2D eigenvalue weighted by Gasteiger charge is 2.12. The molecule has 0 saturated carbocycles. The van der Waals surface area contributed by atoms with Crippen molar-refractivity contribution in [3.63, 3.8) is 0 Å². The molecular weight excluding hydrogens is 216 g/mol. The van der Waals surface area contributed by atoms with Crippen LogP contribution >= 0.6 is 0 Å². The van der Waals surface area contributed by atoms with Gasteiger partial charge in [0.2, 0.25) is 0 Å². The number of amides is 1. The molecule has 5 heteroatoms. The lowest BCUT2D eigenvalue weighted by atomic mass is 10.2. The summed E-state index contributed by atoms with van der Waals surface area (Å²) >= 11 is 0. The second-order valence-electron chi connectivity index (χ2n) is 3.54. The van der Waals surface area contributed by atoms with Gasteiger partial charge in [-0.3, -0.25) is 14.8 Å². The summed E-state index contributed by atoms with van der Waals surface area (Å²) in [6.45, 7) is 1.87. The van der Waals surface area contributed by atoms with Crippen molar-refractivity contribution in [2.75, 3.05) is 0 Å². The molecule has 86 valence electrons. The first kappa shape index (κ1) is 11.2. The second kappa shape index (κ2) is 5.16. The third-order valence-corrected chi connectivity index (χ3v) is 2.27. The summed E-state index contributed by atoms with van der Waals surface area (Å²) in [4.78, 5) is 23.7. The minimum Gasteiger partial charge on any atom is -0.343 e. The number of hydrogen-bond acceptors (Lipinski definition) is 4. The van der Waals surface area contributed by atoms with Crippen molar-refractivity contribution in [1.29, 1.82) is 0 Å². The van der Waals surface area contributed by atoms with Crippen molar-refractivity contribution in [2.45, 2.75) is 13.0 Å². The van der Waals surface area contributed by atoms with Gasteiger partial charge in [-0.25, -0.2) is 4.98 Å². The lowest BCUT2D eigenvalue weighted by Crippen LogP contribution is -2.27. The zero-order valence-corrected chi connectivity index (χ0v) is 9.37. The van der Waals surface area contributed by atoms with Crippen LogP contribution in [-0.4, -0.2) is 20.9 Å². The third-order valence-electron chi connectivity index (χ3n) is 2.27. The van der Waals surface area contributed by atoms with Gasteiger partial charge in [0.1, 0.15) is 5.69 Å². The third kappa shape index (κ3) is 2.84. The zero-order chi connectivity index (χ0) is 12.1. The number of nitrogens with one attached hydrogen (secondary N) is 1. The Hall–Kier alpha value is -2.30. The Morgan fingerprint density at radius 2 is 2.12 bits per heavy atom. The van der Waals surface area contributed by atoms with Crippen molar-refractivity contribution in [2.24, 2.45) is 0 Å². The molecule has 2 rings (SSSR count). The fourth-order valence-corrected chi connectivity index (χ4v) is 1.39. The number of carbonyl (C=O) groups is 1. The normalized spacial score (nSPS) is 11.8. The van der Waals surface area contributed by atoms with Crippen molar-refractivity contribution in [3.8, 4) is 0 Å². The number of carbonyl (C=O) groups excluding carboxylic acids is 1. The number of hydrogen-bond donors (Lipinski definition) is 1. The molecular formula is C12H12N4O. The van der Waals surface area contributed by atoms with E-state index in [2.05, 4.69) is 20.3 Å². The van der Waals surface area contributed by atoms with E-state index in [9.17, 15) is 4.79 Å². The van der Waals surface area contributed by atoms with E-state index < -0.39 is 0 Å². The minimum absolute atomic E-state index is 0.161. The van der Waals surface area contributed by atoms with Gasteiger partial charge >= 0.3 is 0 Å². The highest BCUT2D eigenvalue weighted by atomic mass is 16.1. The van der Waals surface area contributed by atoms with E-state index in [4.69, 9.17) is 0 Å². The van der Waals surface area contributed by atoms with Crippen molar-refractivity contribution < 1.29 is 4.79 Å². The Morgan fingerprint density at radius 3 is 2.76 bits per heavy atom. The second-order valence-corrected chi connectivity index (χ2v) is 3.54. The van der Waals surface area contributed by atoms with Crippen molar-refractivity contribution in [1.82, 2.24) is 20.3 Å². The average molecular weight is 228 g/mol. The van der Waals surface area contributed by atoms with Crippen LogP contribution in [0.5, 0.6) is 0 Å². The van der Waals surface area contributed by atoms with E-state index in [1.807, 2.05) is 25.1 Å². The van der Waals surface area contributed by atoms with E-state index in [0.717, 1.165) is 5.69 Å². The molecule has 0 saturated heterocycles. The summed E-state index contributed by atoms with van der Waals surface area (Å²) < 4.78 is 0. The van der Waals surface area contributed by atoms with Crippen LogP contribution in [-0.2, 0) is 0 Å². The topological polar surface area (TPSA) is 67.8 Å². The lowest BCUT2D eigenvalue weighted by molar-refractivity contribution is 0.0933. The van der Waals surface area contributed by atoms with E-state index in [-0.39, 0.29) is 11.9 Å². The monoisotopic (exact) mass is 228 g/mol. The molecule has 2 heterocycles. The Morgan fingerprint density at radius 1 is 1.24 bits per heavy atom. The first-order valence-electron chi connectivity index (χ1n) is 5.25. The molecule has 0 aromatic carbocycles. The molecule has 0 aliphatic rings. The van der Waals surface area contributed by atoms with Crippen LogP contribution in [0.3, 0.4) is 0 Å². The van der Waals surface area contributed by atoms with Gasteiger partial charge in [0.25, 0.3) is 5.91 Å². The number of rotatable bonds is 3. The maximum Gasteiger partial charge on any atom is 0.272 e. The van der Waals surface area contributed by atoms with Crippen LogP contribution in [0.15, 0.2) is 43.0 Å². The molecule has 17 heavy (non-hydrogen) atoms. The van der Waals surface area contributed by atoms with Gasteiger partial charge in [0.05, 0.1) is 17.9 Å². The molecule has 0 fully saturated rings. The molecule has 0 aliphatic heterocycles. The van der Waals surface area contributed by atoms with Crippen molar-refractivity contribution in [3.05, 3.63) is 54.4 Å². The van der Waals surface area contributed by atoms with Crippen molar-refractivity contribution >= 4 is 5.91 Å². The molecule has 0 unspecified atom stereocenters. The van der Waals surface area contributed by atoms with Gasteiger partial charge in [0.15, 0.2) is 0 Å². The molecule has 0 bridgehead atoms.